The van der Waals surface area contributed by atoms with Crippen molar-refractivity contribution in [3.05, 3.63) is 120 Å². The van der Waals surface area contributed by atoms with Crippen LogP contribution in [0.3, 0.4) is 0 Å². The van der Waals surface area contributed by atoms with Gasteiger partial charge in [-0.2, -0.15) is 0 Å². The predicted octanol–water partition coefficient (Wildman–Crippen LogP) is 8.19. The summed E-state index contributed by atoms with van der Waals surface area (Å²) in [5.74, 6) is -6.88. The molecule has 0 radical (unpaired) electrons. The number of fused-ring (bicyclic) bond motifs is 4. The Kier molecular flexibility index (Phi) is 5.93. The van der Waals surface area contributed by atoms with Crippen molar-refractivity contribution in [2.24, 2.45) is 11.8 Å². The van der Waals surface area contributed by atoms with Crippen LogP contribution in [0.5, 0.6) is 0 Å². The Labute approximate surface area is 234 Å². The fraction of sp³-hybridized carbons (Fsp3) is 0.143. The number of benzene rings is 6. The molecule has 6 aromatic rings. The van der Waals surface area contributed by atoms with Crippen molar-refractivity contribution in [3.63, 3.8) is 0 Å². The van der Waals surface area contributed by atoms with Gasteiger partial charge in [0.15, 0.2) is 0 Å². The van der Waals surface area contributed by atoms with Gasteiger partial charge in [-0.3, -0.25) is 0 Å². The predicted molar refractivity (Wildman–Crippen MR) is 155 cm³/mol. The highest BCUT2D eigenvalue weighted by atomic mass is 19.3. The van der Waals surface area contributed by atoms with Crippen molar-refractivity contribution in [2.45, 2.75) is 5.92 Å². The highest BCUT2D eigenvalue weighted by Crippen LogP contribution is 2.55. The van der Waals surface area contributed by atoms with Crippen LogP contribution in [0.25, 0.3) is 43.1 Å². The normalized spacial score (nSPS) is 17.6. The Morgan fingerprint density at radius 3 is 1.15 bits per heavy atom. The van der Waals surface area contributed by atoms with Crippen LogP contribution in [-0.2, 0) is 9.47 Å². The molecule has 0 heterocycles. The average Bonchev–Trinajstić information content (AvgIpc) is 3.53. The first kappa shape index (κ1) is 25.1. The van der Waals surface area contributed by atoms with Gasteiger partial charge in [-0.05, 0) is 55.2 Å². The second kappa shape index (κ2) is 9.66. The average molecular weight is 547 g/mol. The Morgan fingerprint density at radius 2 is 0.829 bits per heavy atom. The molecule has 0 N–H and O–H groups in total. The van der Waals surface area contributed by atoms with Crippen LogP contribution < -0.4 is 0 Å². The summed E-state index contributed by atoms with van der Waals surface area (Å²) in [6, 6.07) is 33.7. The molecule has 2 atom stereocenters. The molecule has 0 aromatic heterocycles. The topological polar surface area (TPSA) is 52.6 Å². The first-order valence-corrected chi connectivity index (χ1v) is 13.5. The molecule has 0 amide bonds. The van der Waals surface area contributed by atoms with Crippen LogP contribution >= 0.6 is 0 Å². The Balaban J connectivity index is 1.09. The van der Waals surface area contributed by atoms with Gasteiger partial charge in [0, 0.05) is 0 Å². The molecule has 6 aromatic carbocycles. The molecule has 41 heavy (non-hydrogen) atoms. The summed E-state index contributed by atoms with van der Waals surface area (Å²) in [6.45, 7) is -0.939. The molecule has 1 saturated carbocycles. The third kappa shape index (κ3) is 4.27. The fourth-order valence-corrected chi connectivity index (χ4v) is 5.86. The van der Waals surface area contributed by atoms with E-state index in [9.17, 15) is 18.4 Å². The van der Waals surface area contributed by atoms with Crippen molar-refractivity contribution in [3.8, 4) is 0 Å². The largest absolute Gasteiger partial charge is 0.462 e. The van der Waals surface area contributed by atoms with Gasteiger partial charge < -0.3 is 9.47 Å². The van der Waals surface area contributed by atoms with Crippen LogP contribution in [0.1, 0.15) is 20.7 Å². The maximum Gasteiger partial charge on any atom is 0.339 e. The van der Waals surface area contributed by atoms with Gasteiger partial charge in [0.2, 0.25) is 0 Å². The molecule has 0 bridgehead atoms. The van der Waals surface area contributed by atoms with E-state index in [0.717, 1.165) is 21.5 Å². The number of ether oxygens (including phenoxy) is 2. The second-order valence-electron chi connectivity index (χ2n) is 10.5. The van der Waals surface area contributed by atoms with E-state index < -0.39 is 42.9 Å². The Bertz CT molecular complexity index is 1750. The molecule has 0 unspecified atom stereocenters. The zero-order valence-corrected chi connectivity index (χ0v) is 21.9. The van der Waals surface area contributed by atoms with Crippen molar-refractivity contribution in [1.82, 2.24) is 0 Å². The minimum atomic E-state index is -3.11. The van der Waals surface area contributed by atoms with Crippen LogP contribution in [-0.4, -0.2) is 31.1 Å². The van der Waals surface area contributed by atoms with Crippen LogP contribution in [0.2, 0.25) is 0 Å². The van der Waals surface area contributed by atoms with E-state index in [-0.39, 0.29) is 0 Å². The molecule has 6 heteroatoms. The Morgan fingerprint density at radius 1 is 0.537 bits per heavy atom. The molecule has 0 spiro atoms. The lowest BCUT2D eigenvalue weighted by molar-refractivity contribution is 0.0323. The number of hydrogen-bond donors (Lipinski definition) is 0. The van der Waals surface area contributed by atoms with Gasteiger partial charge in [-0.25, -0.2) is 18.4 Å². The fourth-order valence-electron chi connectivity index (χ4n) is 5.86. The van der Waals surface area contributed by atoms with Crippen LogP contribution in [0, 0.1) is 11.8 Å². The highest BCUT2D eigenvalue weighted by molar-refractivity contribution is 6.17. The monoisotopic (exact) mass is 546 g/mol. The van der Waals surface area contributed by atoms with E-state index in [1.54, 1.807) is 0 Å². The molecule has 4 nitrogen and oxygen atoms in total. The number of hydrogen-bond acceptors (Lipinski definition) is 4. The molecule has 202 valence electrons. The number of esters is 2. The molecule has 1 aliphatic carbocycles. The van der Waals surface area contributed by atoms with E-state index in [4.69, 9.17) is 9.47 Å². The maximum absolute atomic E-state index is 14.8. The summed E-state index contributed by atoms with van der Waals surface area (Å²) in [5, 5.41) is 6.25. The van der Waals surface area contributed by atoms with E-state index in [1.807, 2.05) is 109 Å². The molecular formula is C35H24F2O4. The maximum atomic E-state index is 14.8. The number of carbonyl (C=O) groups excluding carboxylic acids is 2. The van der Waals surface area contributed by atoms with Crippen molar-refractivity contribution in [1.29, 1.82) is 0 Å². The smallest absolute Gasteiger partial charge is 0.339 e. The lowest BCUT2D eigenvalue weighted by atomic mass is 9.97. The number of halogens is 2. The molecule has 0 saturated heterocycles. The van der Waals surface area contributed by atoms with Gasteiger partial charge in [-0.1, -0.05) is 97.1 Å². The second-order valence-corrected chi connectivity index (χ2v) is 10.5. The molecular weight excluding hydrogens is 522 g/mol. The third-order valence-corrected chi connectivity index (χ3v) is 8.10. The van der Waals surface area contributed by atoms with E-state index >= 15 is 0 Å². The van der Waals surface area contributed by atoms with Gasteiger partial charge in [0.1, 0.15) is 13.2 Å². The van der Waals surface area contributed by atoms with Crippen molar-refractivity contribution < 1.29 is 27.8 Å². The van der Waals surface area contributed by atoms with Crippen molar-refractivity contribution in [2.75, 3.05) is 13.2 Å². The van der Waals surface area contributed by atoms with Crippen LogP contribution in [0.4, 0.5) is 8.78 Å². The standard InChI is InChI=1S/C35H24F2O4/c36-35(37)29(19-40-33(38)31-25-13-5-1-9-21(25)17-22-10-2-6-14-26(22)31)30(35)20-41-34(39)32-27-15-7-3-11-23(27)18-24-12-4-8-16-28(24)32/h1-18,29-30H,19-20H2/t29-,30-/m1/s1. The first-order chi connectivity index (χ1) is 19.9. The summed E-state index contributed by atoms with van der Waals surface area (Å²) in [5.41, 5.74) is 0.710. The highest BCUT2D eigenvalue weighted by Gasteiger charge is 2.69. The quantitative estimate of drug-likeness (QED) is 0.156. The molecule has 1 fully saturated rings. The lowest BCUT2D eigenvalue weighted by Gasteiger charge is -2.12. The van der Waals surface area contributed by atoms with E-state index in [2.05, 4.69) is 0 Å². The number of rotatable bonds is 6. The summed E-state index contributed by atoms with van der Waals surface area (Å²) >= 11 is 0. The summed E-state index contributed by atoms with van der Waals surface area (Å²) < 4.78 is 40.6. The van der Waals surface area contributed by atoms with Gasteiger partial charge in [0.05, 0.1) is 23.0 Å². The number of carbonyl (C=O) groups is 2. The van der Waals surface area contributed by atoms with Crippen LogP contribution in [0.15, 0.2) is 109 Å². The van der Waals surface area contributed by atoms with E-state index in [0.29, 0.717) is 32.7 Å². The summed E-state index contributed by atoms with van der Waals surface area (Å²) in [7, 11) is 0. The first-order valence-electron chi connectivity index (χ1n) is 13.5. The SMILES string of the molecule is O=C(OC[C@@H]1[C@@H](COC(=O)c2c3ccccc3cc3ccccc23)C1(F)F)c1c2ccccc2cc2ccccc12. The molecule has 1 aliphatic rings. The minimum Gasteiger partial charge on any atom is -0.462 e. The zero-order chi connectivity index (χ0) is 28.1. The minimum absolute atomic E-state index is 0.355. The lowest BCUT2D eigenvalue weighted by Crippen LogP contribution is -2.12. The summed E-state index contributed by atoms with van der Waals surface area (Å²) in [4.78, 5) is 26.5. The van der Waals surface area contributed by atoms with Gasteiger partial charge in [-0.15, -0.1) is 0 Å². The Hall–Kier alpha value is -4.84. The number of alkyl halides is 2. The van der Waals surface area contributed by atoms with E-state index in [1.165, 1.54) is 0 Å². The third-order valence-electron chi connectivity index (χ3n) is 8.10. The van der Waals surface area contributed by atoms with Gasteiger partial charge in [0.25, 0.3) is 5.92 Å². The summed E-state index contributed by atoms with van der Waals surface area (Å²) in [6.07, 6.45) is 0. The molecule has 0 aliphatic heterocycles. The zero-order valence-electron chi connectivity index (χ0n) is 21.9. The van der Waals surface area contributed by atoms with Crippen molar-refractivity contribution >= 4 is 55.0 Å². The van der Waals surface area contributed by atoms with Gasteiger partial charge >= 0.3 is 11.9 Å². The molecule has 7 rings (SSSR count).